The van der Waals surface area contributed by atoms with E-state index in [-0.39, 0.29) is 23.1 Å². The predicted molar refractivity (Wildman–Crippen MR) is 94.1 cm³/mol. The standard InChI is InChI=1S/C17H18FN3O2S/c18-14-5-3-13(4-6-14)12-21-7-1-2-15(16(21)22)19-17(23)20-8-10-24-11-9-20/h1-7H,8-12H2,(H,19,23). The van der Waals surface area contributed by atoms with E-state index in [9.17, 15) is 14.0 Å². The van der Waals surface area contributed by atoms with Crippen molar-refractivity contribution in [2.45, 2.75) is 6.54 Å². The third-order valence-electron chi connectivity index (χ3n) is 3.83. The van der Waals surface area contributed by atoms with Crippen LogP contribution in [0.4, 0.5) is 14.9 Å². The molecule has 3 rings (SSSR count). The molecule has 1 saturated heterocycles. The molecular weight excluding hydrogens is 329 g/mol. The normalized spacial score (nSPS) is 14.5. The molecule has 0 atom stereocenters. The number of amides is 2. The van der Waals surface area contributed by atoms with Gasteiger partial charge in [-0.1, -0.05) is 12.1 Å². The Bertz CT molecular complexity index is 770. The van der Waals surface area contributed by atoms with Crippen molar-refractivity contribution in [2.75, 3.05) is 29.9 Å². The number of hydrogen-bond acceptors (Lipinski definition) is 3. The maximum Gasteiger partial charge on any atom is 0.322 e. The van der Waals surface area contributed by atoms with Crippen LogP contribution in [0, 0.1) is 5.82 Å². The summed E-state index contributed by atoms with van der Waals surface area (Å²) in [5, 5.41) is 2.70. The van der Waals surface area contributed by atoms with E-state index in [4.69, 9.17) is 0 Å². The van der Waals surface area contributed by atoms with Crippen LogP contribution in [0.5, 0.6) is 0 Å². The SMILES string of the molecule is O=C(Nc1cccn(Cc2ccc(F)cc2)c1=O)N1CCSCC1. The fourth-order valence-corrected chi connectivity index (χ4v) is 3.41. The fraction of sp³-hybridized carbons (Fsp3) is 0.294. The van der Waals surface area contributed by atoms with Crippen LogP contribution in [0.25, 0.3) is 0 Å². The Morgan fingerprint density at radius 3 is 2.58 bits per heavy atom. The minimum Gasteiger partial charge on any atom is -0.323 e. The summed E-state index contributed by atoms with van der Waals surface area (Å²) in [6.45, 7) is 1.70. The molecule has 0 unspecified atom stereocenters. The molecule has 24 heavy (non-hydrogen) atoms. The molecule has 0 radical (unpaired) electrons. The summed E-state index contributed by atoms with van der Waals surface area (Å²) in [6, 6.07) is 9.07. The number of benzene rings is 1. The largest absolute Gasteiger partial charge is 0.323 e. The second-order valence-corrected chi connectivity index (χ2v) is 6.74. The van der Waals surface area contributed by atoms with Gasteiger partial charge in [-0.3, -0.25) is 4.79 Å². The average Bonchev–Trinajstić information content (AvgIpc) is 2.61. The number of nitrogens with zero attached hydrogens (tertiary/aromatic N) is 2. The molecule has 0 spiro atoms. The number of thioether (sulfide) groups is 1. The molecule has 5 nitrogen and oxygen atoms in total. The molecule has 2 heterocycles. The van der Waals surface area contributed by atoms with Crippen LogP contribution in [0.1, 0.15) is 5.56 Å². The first-order valence-corrected chi connectivity index (χ1v) is 8.86. The molecule has 0 bridgehead atoms. The van der Waals surface area contributed by atoms with E-state index in [2.05, 4.69) is 5.32 Å². The Morgan fingerprint density at radius 1 is 1.17 bits per heavy atom. The second kappa shape index (κ2) is 7.53. The number of aromatic nitrogens is 1. The summed E-state index contributed by atoms with van der Waals surface area (Å²) in [4.78, 5) is 26.5. The average molecular weight is 347 g/mol. The number of pyridine rings is 1. The zero-order valence-electron chi connectivity index (χ0n) is 13.1. The summed E-state index contributed by atoms with van der Waals surface area (Å²) in [5.74, 6) is 1.51. The Labute approximate surface area is 143 Å². The Morgan fingerprint density at radius 2 is 1.88 bits per heavy atom. The number of rotatable bonds is 3. The summed E-state index contributed by atoms with van der Waals surface area (Å²) in [6.07, 6.45) is 1.65. The van der Waals surface area contributed by atoms with E-state index in [0.29, 0.717) is 19.6 Å². The molecule has 126 valence electrons. The molecule has 1 N–H and O–H groups in total. The van der Waals surface area contributed by atoms with E-state index >= 15 is 0 Å². The van der Waals surface area contributed by atoms with Crippen LogP contribution in [0.3, 0.4) is 0 Å². The van der Waals surface area contributed by atoms with Crippen LogP contribution in [-0.2, 0) is 6.54 Å². The van der Waals surface area contributed by atoms with Gasteiger partial charge in [-0.05, 0) is 29.8 Å². The van der Waals surface area contributed by atoms with Gasteiger partial charge in [0.2, 0.25) is 0 Å². The van der Waals surface area contributed by atoms with Crippen LogP contribution in [0.15, 0.2) is 47.4 Å². The highest BCUT2D eigenvalue weighted by molar-refractivity contribution is 7.99. The molecule has 2 amide bonds. The molecule has 1 fully saturated rings. The van der Waals surface area contributed by atoms with Gasteiger partial charge in [0.1, 0.15) is 11.5 Å². The van der Waals surface area contributed by atoms with Crippen molar-refractivity contribution in [3.05, 3.63) is 64.3 Å². The molecule has 1 aliphatic heterocycles. The second-order valence-electron chi connectivity index (χ2n) is 5.51. The zero-order chi connectivity index (χ0) is 16.9. The van der Waals surface area contributed by atoms with Crippen molar-refractivity contribution in [1.82, 2.24) is 9.47 Å². The molecule has 7 heteroatoms. The molecule has 0 saturated carbocycles. The first-order chi connectivity index (χ1) is 11.6. The first-order valence-electron chi connectivity index (χ1n) is 7.71. The topological polar surface area (TPSA) is 54.3 Å². The quantitative estimate of drug-likeness (QED) is 0.929. The van der Waals surface area contributed by atoms with Gasteiger partial charge >= 0.3 is 6.03 Å². The Hall–Kier alpha value is -2.28. The number of urea groups is 1. The van der Waals surface area contributed by atoms with Crippen molar-refractivity contribution >= 4 is 23.5 Å². The highest BCUT2D eigenvalue weighted by atomic mass is 32.2. The monoisotopic (exact) mass is 347 g/mol. The highest BCUT2D eigenvalue weighted by Crippen LogP contribution is 2.11. The third kappa shape index (κ3) is 3.97. The lowest BCUT2D eigenvalue weighted by atomic mass is 10.2. The van der Waals surface area contributed by atoms with Crippen molar-refractivity contribution in [3.8, 4) is 0 Å². The maximum atomic E-state index is 13.0. The van der Waals surface area contributed by atoms with E-state index < -0.39 is 0 Å². The molecule has 1 aromatic heterocycles. The molecule has 0 aliphatic carbocycles. The number of hydrogen-bond donors (Lipinski definition) is 1. The van der Waals surface area contributed by atoms with E-state index in [0.717, 1.165) is 17.1 Å². The lowest BCUT2D eigenvalue weighted by Gasteiger charge is -2.26. The molecule has 1 aliphatic rings. The first kappa shape index (κ1) is 16.6. The summed E-state index contributed by atoms with van der Waals surface area (Å²) in [5.41, 5.74) is 0.791. The van der Waals surface area contributed by atoms with Crippen molar-refractivity contribution < 1.29 is 9.18 Å². The minimum absolute atomic E-state index is 0.244. The van der Waals surface area contributed by atoms with Crippen LogP contribution in [-0.4, -0.2) is 40.1 Å². The number of carbonyl (C=O) groups is 1. The van der Waals surface area contributed by atoms with Gasteiger partial charge in [-0.15, -0.1) is 0 Å². The van der Waals surface area contributed by atoms with Crippen molar-refractivity contribution in [3.63, 3.8) is 0 Å². The predicted octanol–water partition coefficient (Wildman–Crippen LogP) is 2.62. The molecule has 1 aromatic carbocycles. The summed E-state index contributed by atoms with van der Waals surface area (Å²) in [7, 11) is 0. The van der Waals surface area contributed by atoms with Gasteiger partial charge in [0.15, 0.2) is 0 Å². The van der Waals surface area contributed by atoms with Gasteiger partial charge in [0, 0.05) is 30.8 Å². The highest BCUT2D eigenvalue weighted by Gasteiger charge is 2.17. The van der Waals surface area contributed by atoms with E-state index in [1.165, 1.54) is 16.7 Å². The van der Waals surface area contributed by atoms with Crippen LogP contribution >= 0.6 is 11.8 Å². The Kier molecular flexibility index (Phi) is 5.20. The fourth-order valence-electron chi connectivity index (χ4n) is 2.50. The summed E-state index contributed by atoms with van der Waals surface area (Å²) >= 11 is 1.82. The van der Waals surface area contributed by atoms with Gasteiger partial charge in [-0.25, -0.2) is 9.18 Å². The van der Waals surface area contributed by atoms with E-state index in [1.54, 1.807) is 35.4 Å². The van der Waals surface area contributed by atoms with Crippen molar-refractivity contribution in [2.24, 2.45) is 0 Å². The van der Waals surface area contributed by atoms with Crippen molar-refractivity contribution in [1.29, 1.82) is 0 Å². The van der Waals surface area contributed by atoms with Crippen LogP contribution < -0.4 is 10.9 Å². The third-order valence-corrected chi connectivity index (χ3v) is 4.77. The van der Waals surface area contributed by atoms with Gasteiger partial charge in [0.25, 0.3) is 5.56 Å². The Balaban J connectivity index is 1.74. The number of nitrogens with one attached hydrogen (secondary N) is 1. The number of halogens is 1. The van der Waals surface area contributed by atoms with E-state index in [1.807, 2.05) is 11.8 Å². The lowest BCUT2D eigenvalue weighted by Crippen LogP contribution is -2.41. The van der Waals surface area contributed by atoms with Crippen LogP contribution in [0.2, 0.25) is 0 Å². The minimum atomic E-state index is -0.313. The smallest absolute Gasteiger partial charge is 0.322 e. The number of anilines is 1. The van der Waals surface area contributed by atoms with Gasteiger partial charge in [-0.2, -0.15) is 11.8 Å². The van der Waals surface area contributed by atoms with Gasteiger partial charge in [0.05, 0.1) is 6.54 Å². The zero-order valence-corrected chi connectivity index (χ0v) is 13.9. The lowest BCUT2D eigenvalue weighted by molar-refractivity contribution is 0.217. The molecular formula is C17H18FN3O2S. The molecule has 2 aromatic rings. The van der Waals surface area contributed by atoms with Gasteiger partial charge < -0.3 is 14.8 Å². The number of carbonyl (C=O) groups excluding carboxylic acids is 1. The summed E-state index contributed by atoms with van der Waals surface area (Å²) < 4.78 is 14.5. The maximum absolute atomic E-state index is 13.0.